The molecule has 0 aromatic heterocycles. The van der Waals surface area contributed by atoms with Crippen LogP contribution < -0.4 is 4.90 Å². The largest absolute Gasteiger partial charge is 0.370 e. The molecule has 0 bridgehead atoms. The second-order valence-electron chi connectivity index (χ2n) is 4.49. The van der Waals surface area contributed by atoms with Gasteiger partial charge in [-0.05, 0) is 35.9 Å². The molecule has 0 heterocycles. The van der Waals surface area contributed by atoms with Crippen molar-refractivity contribution in [2.75, 3.05) is 11.9 Å². The summed E-state index contributed by atoms with van der Waals surface area (Å²) >= 11 is 3.36. The number of anilines is 1. The third-order valence-electron chi connectivity index (χ3n) is 3.00. The number of aldehydes is 1. The molecule has 0 spiro atoms. The molecule has 0 saturated heterocycles. The van der Waals surface area contributed by atoms with E-state index >= 15 is 0 Å². The number of carbonyl (C=O) groups is 1. The van der Waals surface area contributed by atoms with Crippen molar-refractivity contribution in [3.8, 4) is 6.07 Å². The second kappa shape index (κ2) is 6.36. The molecule has 0 aliphatic rings. The minimum absolute atomic E-state index is 0.637. The van der Waals surface area contributed by atoms with Gasteiger partial charge in [0.05, 0.1) is 11.6 Å². The van der Waals surface area contributed by atoms with E-state index in [0.29, 0.717) is 17.7 Å². The van der Waals surface area contributed by atoms with E-state index in [2.05, 4.69) is 22.0 Å². The summed E-state index contributed by atoms with van der Waals surface area (Å²) in [5, 5.41) is 8.91. The van der Waals surface area contributed by atoms with Crippen LogP contribution in [-0.2, 0) is 6.54 Å². The molecule has 0 aliphatic heterocycles. The Hall–Kier alpha value is -2.12. The molecule has 4 heteroatoms. The van der Waals surface area contributed by atoms with Crippen molar-refractivity contribution in [3.63, 3.8) is 0 Å². The Morgan fingerprint density at radius 2 is 2.10 bits per heavy atom. The van der Waals surface area contributed by atoms with Crippen molar-refractivity contribution in [1.29, 1.82) is 5.26 Å². The number of carbonyl (C=O) groups excluding carboxylic acids is 1. The number of nitriles is 1. The molecule has 100 valence electrons. The first-order valence-electron chi connectivity index (χ1n) is 6.09. The Labute approximate surface area is 126 Å². The van der Waals surface area contributed by atoms with E-state index in [1.165, 1.54) is 0 Å². The summed E-state index contributed by atoms with van der Waals surface area (Å²) in [6.07, 6.45) is 0.849. The fourth-order valence-corrected chi connectivity index (χ4v) is 2.44. The number of nitrogens with zero attached hydrogens (tertiary/aromatic N) is 2. The van der Waals surface area contributed by atoms with E-state index in [1.54, 1.807) is 12.1 Å². The average Bonchev–Trinajstić information content (AvgIpc) is 2.47. The molecule has 2 rings (SSSR count). The van der Waals surface area contributed by atoms with Gasteiger partial charge in [-0.3, -0.25) is 4.79 Å². The molecule has 0 unspecified atom stereocenters. The molecule has 0 radical (unpaired) electrons. The van der Waals surface area contributed by atoms with Crippen molar-refractivity contribution in [2.45, 2.75) is 6.54 Å². The molecule has 0 saturated carbocycles. The lowest BCUT2D eigenvalue weighted by Crippen LogP contribution is -2.18. The van der Waals surface area contributed by atoms with Gasteiger partial charge in [0.1, 0.15) is 0 Å². The maximum absolute atomic E-state index is 11.1. The summed E-state index contributed by atoms with van der Waals surface area (Å²) in [5.74, 6) is 0. The van der Waals surface area contributed by atoms with Gasteiger partial charge >= 0.3 is 0 Å². The highest BCUT2D eigenvalue weighted by Gasteiger charge is 2.08. The van der Waals surface area contributed by atoms with Gasteiger partial charge in [0.25, 0.3) is 0 Å². The van der Waals surface area contributed by atoms with E-state index in [-0.39, 0.29) is 0 Å². The van der Waals surface area contributed by atoms with E-state index in [1.807, 2.05) is 42.3 Å². The first-order valence-corrected chi connectivity index (χ1v) is 6.88. The standard InChI is InChI=1S/C16H13BrN2O/c1-19(10-13-4-2-3-12(7-13)9-18)16-6-5-15(17)8-14(16)11-20/h2-8,11H,10H2,1H3. The monoisotopic (exact) mass is 328 g/mol. The van der Waals surface area contributed by atoms with Crippen molar-refractivity contribution in [1.82, 2.24) is 0 Å². The van der Waals surface area contributed by atoms with Gasteiger partial charge in [-0.2, -0.15) is 5.26 Å². The summed E-state index contributed by atoms with van der Waals surface area (Å²) < 4.78 is 0.878. The van der Waals surface area contributed by atoms with E-state index < -0.39 is 0 Å². The number of benzene rings is 2. The summed E-state index contributed by atoms with van der Waals surface area (Å²) in [7, 11) is 1.93. The van der Waals surface area contributed by atoms with Crippen LogP contribution in [0.5, 0.6) is 0 Å². The van der Waals surface area contributed by atoms with Crippen LogP contribution in [-0.4, -0.2) is 13.3 Å². The molecule has 0 N–H and O–H groups in total. The van der Waals surface area contributed by atoms with Gasteiger partial charge in [0.2, 0.25) is 0 Å². The molecule has 2 aromatic carbocycles. The highest BCUT2D eigenvalue weighted by Crippen LogP contribution is 2.23. The Morgan fingerprint density at radius 3 is 2.80 bits per heavy atom. The number of hydrogen-bond donors (Lipinski definition) is 0. The summed E-state index contributed by atoms with van der Waals surface area (Å²) in [6.45, 7) is 0.637. The van der Waals surface area contributed by atoms with Crippen molar-refractivity contribution in [2.24, 2.45) is 0 Å². The maximum Gasteiger partial charge on any atom is 0.152 e. The van der Waals surface area contributed by atoms with E-state index in [4.69, 9.17) is 5.26 Å². The normalized spacial score (nSPS) is 9.85. The van der Waals surface area contributed by atoms with Gasteiger partial charge in [-0.25, -0.2) is 0 Å². The zero-order valence-corrected chi connectivity index (χ0v) is 12.6. The molecule has 0 amide bonds. The van der Waals surface area contributed by atoms with E-state index in [9.17, 15) is 4.79 Å². The lowest BCUT2D eigenvalue weighted by atomic mass is 10.1. The van der Waals surface area contributed by atoms with Crippen LogP contribution >= 0.6 is 15.9 Å². The Bertz CT molecular complexity index is 676. The lowest BCUT2D eigenvalue weighted by molar-refractivity contribution is 0.112. The topological polar surface area (TPSA) is 44.1 Å². The van der Waals surface area contributed by atoms with Crippen LogP contribution in [0.2, 0.25) is 0 Å². The first-order chi connectivity index (χ1) is 9.63. The highest BCUT2D eigenvalue weighted by molar-refractivity contribution is 9.10. The summed E-state index contributed by atoms with van der Waals surface area (Å²) in [6, 6.07) is 15.2. The van der Waals surface area contributed by atoms with Crippen LogP contribution in [0.3, 0.4) is 0 Å². The third kappa shape index (κ3) is 3.25. The smallest absolute Gasteiger partial charge is 0.152 e. The molecule has 0 atom stereocenters. The number of halogens is 1. The average molecular weight is 329 g/mol. The predicted octanol–water partition coefficient (Wildman–Crippen LogP) is 3.77. The van der Waals surface area contributed by atoms with Gasteiger partial charge in [-0.1, -0.05) is 28.1 Å². The fraction of sp³-hybridized carbons (Fsp3) is 0.125. The van der Waals surface area contributed by atoms with Crippen molar-refractivity contribution in [3.05, 3.63) is 63.6 Å². The van der Waals surface area contributed by atoms with E-state index in [0.717, 1.165) is 22.0 Å². The van der Waals surface area contributed by atoms with Gasteiger partial charge in [0, 0.05) is 29.3 Å². The second-order valence-corrected chi connectivity index (χ2v) is 5.40. The maximum atomic E-state index is 11.1. The molecule has 0 aliphatic carbocycles. The van der Waals surface area contributed by atoms with Gasteiger partial charge in [0.15, 0.2) is 6.29 Å². The SMILES string of the molecule is CN(Cc1cccc(C#N)c1)c1ccc(Br)cc1C=O. The van der Waals surface area contributed by atoms with Crippen LogP contribution in [0.1, 0.15) is 21.5 Å². The minimum atomic E-state index is 0.637. The van der Waals surface area contributed by atoms with Gasteiger partial charge < -0.3 is 4.90 Å². The predicted molar refractivity (Wildman–Crippen MR) is 82.8 cm³/mol. The Balaban J connectivity index is 2.26. The zero-order chi connectivity index (χ0) is 14.5. The lowest BCUT2D eigenvalue weighted by Gasteiger charge is -2.21. The van der Waals surface area contributed by atoms with Crippen molar-refractivity contribution < 1.29 is 4.79 Å². The van der Waals surface area contributed by atoms with Crippen LogP contribution in [0.4, 0.5) is 5.69 Å². The highest BCUT2D eigenvalue weighted by atomic mass is 79.9. The van der Waals surface area contributed by atoms with Crippen molar-refractivity contribution >= 4 is 27.9 Å². The van der Waals surface area contributed by atoms with Crippen LogP contribution in [0.25, 0.3) is 0 Å². The zero-order valence-electron chi connectivity index (χ0n) is 11.0. The quantitative estimate of drug-likeness (QED) is 0.802. The Kier molecular flexibility index (Phi) is 4.54. The summed E-state index contributed by atoms with van der Waals surface area (Å²) in [5.41, 5.74) is 3.18. The third-order valence-corrected chi connectivity index (χ3v) is 3.50. The minimum Gasteiger partial charge on any atom is -0.370 e. The molecule has 2 aromatic rings. The molecule has 20 heavy (non-hydrogen) atoms. The summed E-state index contributed by atoms with van der Waals surface area (Å²) in [4.78, 5) is 13.1. The van der Waals surface area contributed by atoms with Crippen LogP contribution in [0, 0.1) is 11.3 Å². The molecular weight excluding hydrogens is 316 g/mol. The molecule has 0 fully saturated rings. The number of rotatable bonds is 4. The fourth-order valence-electron chi connectivity index (χ4n) is 2.07. The first kappa shape index (κ1) is 14.3. The number of hydrogen-bond acceptors (Lipinski definition) is 3. The Morgan fingerprint density at radius 1 is 1.30 bits per heavy atom. The molecular formula is C16H13BrN2O. The van der Waals surface area contributed by atoms with Crippen LogP contribution in [0.15, 0.2) is 46.9 Å². The molecule has 3 nitrogen and oxygen atoms in total. The van der Waals surface area contributed by atoms with Gasteiger partial charge in [-0.15, -0.1) is 0 Å².